The van der Waals surface area contributed by atoms with E-state index in [9.17, 15) is 4.79 Å². The van der Waals surface area contributed by atoms with Crippen molar-refractivity contribution in [2.24, 2.45) is 5.16 Å². The quantitative estimate of drug-likeness (QED) is 0.941. The fourth-order valence-electron chi connectivity index (χ4n) is 2.02. The zero-order valence-electron chi connectivity index (χ0n) is 12.3. The van der Waals surface area contributed by atoms with Crippen molar-refractivity contribution in [3.8, 4) is 0 Å². The summed E-state index contributed by atoms with van der Waals surface area (Å²) < 4.78 is 0. The number of carbonyl (C=O) groups excluding carboxylic acids is 1. The van der Waals surface area contributed by atoms with E-state index in [1.165, 1.54) is 11.3 Å². The SMILES string of the molecule is CC(C)c1nnc(NC(=O)[C@@H]2CC(c3ccccc3)=NO2)s1. The molecule has 1 amide bonds. The lowest BCUT2D eigenvalue weighted by atomic mass is 10.1. The minimum absolute atomic E-state index is 0.249. The minimum Gasteiger partial charge on any atom is -0.382 e. The maximum atomic E-state index is 12.2. The number of hydrogen-bond acceptors (Lipinski definition) is 6. The van der Waals surface area contributed by atoms with Gasteiger partial charge in [0.2, 0.25) is 11.2 Å². The highest BCUT2D eigenvalue weighted by molar-refractivity contribution is 7.15. The Morgan fingerprint density at radius 2 is 2.09 bits per heavy atom. The molecule has 1 aliphatic rings. The van der Waals surface area contributed by atoms with E-state index in [2.05, 4.69) is 20.7 Å². The van der Waals surface area contributed by atoms with Gasteiger partial charge in [-0.25, -0.2) is 0 Å². The first-order valence-corrected chi connectivity index (χ1v) is 7.87. The van der Waals surface area contributed by atoms with Gasteiger partial charge in [0.05, 0.1) is 5.71 Å². The van der Waals surface area contributed by atoms with Crippen molar-refractivity contribution in [3.63, 3.8) is 0 Å². The van der Waals surface area contributed by atoms with E-state index in [1.54, 1.807) is 0 Å². The van der Waals surface area contributed by atoms with Crippen LogP contribution in [0.1, 0.15) is 36.8 Å². The fourth-order valence-corrected chi connectivity index (χ4v) is 2.77. The Morgan fingerprint density at radius 3 is 2.77 bits per heavy atom. The first-order chi connectivity index (χ1) is 10.6. The number of rotatable bonds is 4. The smallest absolute Gasteiger partial charge is 0.270 e. The number of anilines is 1. The lowest BCUT2D eigenvalue weighted by molar-refractivity contribution is -0.125. The molecule has 3 rings (SSSR count). The molecular weight excluding hydrogens is 300 g/mol. The van der Waals surface area contributed by atoms with Gasteiger partial charge < -0.3 is 4.84 Å². The molecule has 0 radical (unpaired) electrons. The van der Waals surface area contributed by atoms with Crippen LogP contribution in [0, 0.1) is 0 Å². The summed E-state index contributed by atoms with van der Waals surface area (Å²) in [5, 5.41) is 16.1. The summed E-state index contributed by atoms with van der Waals surface area (Å²) in [7, 11) is 0. The summed E-state index contributed by atoms with van der Waals surface area (Å²) in [4.78, 5) is 17.4. The van der Waals surface area contributed by atoms with Gasteiger partial charge in [0.25, 0.3) is 5.91 Å². The van der Waals surface area contributed by atoms with Crippen LogP contribution in [0.15, 0.2) is 35.5 Å². The number of carbonyl (C=O) groups is 1. The van der Waals surface area contributed by atoms with Gasteiger partial charge >= 0.3 is 0 Å². The molecule has 2 aromatic rings. The van der Waals surface area contributed by atoms with Gasteiger partial charge in [-0.05, 0) is 5.56 Å². The Balaban J connectivity index is 1.60. The van der Waals surface area contributed by atoms with Gasteiger partial charge in [-0.3, -0.25) is 10.1 Å². The predicted molar refractivity (Wildman–Crippen MR) is 85.1 cm³/mol. The summed E-state index contributed by atoms with van der Waals surface area (Å²) >= 11 is 1.38. The molecule has 7 heteroatoms. The number of nitrogens with zero attached hydrogens (tertiary/aromatic N) is 3. The Hall–Kier alpha value is -2.28. The Morgan fingerprint density at radius 1 is 1.32 bits per heavy atom. The number of oxime groups is 1. The van der Waals surface area contributed by atoms with Crippen LogP contribution in [-0.4, -0.2) is 27.9 Å². The van der Waals surface area contributed by atoms with Crippen LogP contribution in [0.3, 0.4) is 0 Å². The van der Waals surface area contributed by atoms with Crippen molar-refractivity contribution in [2.45, 2.75) is 32.3 Å². The number of amides is 1. The number of benzene rings is 1. The van der Waals surface area contributed by atoms with Crippen molar-refractivity contribution >= 4 is 28.1 Å². The van der Waals surface area contributed by atoms with E-state index in [0.717, 1.165) is 16.3 Å². The summed E-state index contributed by atoms with van der Waals surface area (Å²) in [6.07, 6.45) is -0.173. The van der Waals surface area contributed by atoms with Crippen molar-refractivity contribution in [1.82, 2.24) is 10.2 Å². The van der Waals surface area contributed by atoms with E-state index in [0.29, 0.717) is 17.5 Å². The number of aromatic nitrogens is 2. The standard InChI is InChI=1S/C15H16N4O2S/c1-9(2)14-17-18-15(22-14)16-13(20)12-8-11(19-21-12)10-6-4-3-5-7-10/h3-7,9,12H,8H2,1-2H3,(H,16,18,20)/t12-/m0/s1. The van der Waals surface area contributed by atoms with Gasteiger partial charge in [0.15, 0.2) is 0 Å². The highest BCUT2D eigenvalue weighted by atomic mass is 32.1. The highest BCUT2D eigenvalue weighted by Gasteiger charge is 2.29. The lowest BCUT2D eigenvalue weighted by Gasteiger charge is -2.06. The molecule has 0 fully saturated rings. The van der Waals surface area contributed by atoms with Gasteiger partial charge in [0.1, 0.15) is 5.01 Å². The molecule has 0 bridgehead atoms. The average molecular weight is 316 g/mol. The molecule has 2 heterocycles. The number of nitrogens with one attached hydrogen (secondary N) is 1. The van der Waals surface area contributed by atoms with Gasteiger partial charge in [0, 0.05) is 12.3 Å². The second-order valence-electron chi connectivity index (χ2n) is 5.29. The molecule has 0 spiro atoms. The molecule has 22 heavy (non-hydrogen) atoms. The summed E-state index contributed by atoms with van der Waals surface area (Å²) in [5.74, 6) is 0.0417. The van der Waals surface area contributed by atoms with Crippen LogP contribution in [0.4, 0.5) is 5.13 Å². The molecule has 0 unspecified atom stereocenters. The zero-order valence-corrected chi connectivity index (χ0v) is 13.1. The van der Waals surface area contributed by atoms with Crippen molar-refractivity contribution in [2.75, 3.05) is 5.32 Å². The third-order valence-corrected chi connectivity index (χ3v) is 4.37. The lowest BCUT2D eigenvalue weighted by Crippen LogP contribution is -2.28. The molecule has 6 nitrogen and oxygen atoms in total. The average Bonchev–Trinajstić information content (AvgIpc) is 3.17. The largest absolute Gasteiger partial charge is 0.382 e. The van der Waals surface area contributed by atoms with Crippen LogP contribution in [0.2, 0.25) is 0 Å². The van der Waals surface area contributed by atoms with Crippen molar-refractivity contribution < 1.29 is 9.63 Å². The molecule has 1 aromatic carbocycles. The first kappa shape index (κ1) is 14.6. The molecule has 1 aromatic heterocycles. The van der Waals surface area contributed by atoms with Gasteiger partial charge in [-0.2, -0.15) is 0 Å². The second kappa shape index (κ2) is 6.23. The van der Waals surface area contributed by atoms with Crippen molar-refractivity contribution in [1.29, 1.82) is 0 Å². The molecule has 114 valence electrons. The minimum atomic E-state index is -0.624. The van der Waals surface area contributed by atoms with Crippen LogP contribution >= 0.6 is 11.3 Å². The molecule has 0 saturated carbocycles. The van der Waals surface area contributed by atoms with Crippen LogP contribution in [-0.2, 0) is 9.63 Å². The molecule has 0 aliphatic carbocycles. The van der Waals surface area contributed by atoms with E-state index in [4.69, 9.17) is 4.84 Å². The van der Waals surface area contributed by atoms with Crippen LogP contribution < -0.4 is 5.32 Å². The molecule has 1 atom stereocenters. The molecule has 0 saturated heterocycles. The third-order valence-electron chi connectivity index (χ3n) is 3.23. The van der Waals surface area contributed by atoms with Gasteiger partial charge in [-0.1, -0.05) is 60.7 Å². The van der Waals surface area contributed by atoms with E-state index < -0.39 is 6.10 Å². The monoisotopic (exact) mass is 316 g/mol. The van der Waals surface area contributed by atoms with Crippen molar-refractivity contribution in [3.05, 3.63) is 40.9 Å². The molecule has 1 N–H and O–H groups in total. The first-order valence-electron chi connectivity index (χ1n) is 7.06. The third kappa shape index (κ3) is 3.14. The molecule has 1 aliphatic heterocycles. The van der Waals surface area contributed by atoms with E-state index in [1.807, 2.05) is 44.2 Å². The summed E-state index contributed by atoms with van der Waals surface area (Å²) in [5.41, 5.74) is 1.75. The van der Waals surface area contributed by atoms with Crippen LogP contribution in [0.25, 0.3) is 0 Å². The Bertz CT molecular complexity index is 697. The molecular formula is C15H16N4O2S. The normalized spacial score (nSPS) is 17.2. The maximum absolute atomic E-state index is 12.2. The Labute approximate surface area is 132 Å². The number of hydrogen-bond donors (Lipinski definition) is 1. The topological polar surface area (TPSA) is 76.5 Å². The maximum Gasteiger partial charge on any atom is 0.270 e. The highest BCUT2D eigenvalue weighted by Crippen LogP contribution is 2.23. The fraction of sp³-hybridized carbons (Fsp3) is 0.333. The Kier molecular flexibility index (Phi) is 4.15. The van der Waals surface area contributed by atoms with E-state index >= 15 is 0 Å². The van der Waals surface area contributed by atoms with Gasteiger partial charge in [-0.15, -0.1) is 10.2 Å². The second-order valence-corrected chi connectivity index (χ2v) is 6.30. The van der Waals surface area contributed by atoms with E-state index in [-0.39, 0.29) is 5.91 Å². The summed E-state index contributed by atoms with van der Waals surface area (Å²) in [6.45, 7) is 4.07. The predicted octanol–water partition coefficient (Wildman–Crippen LogP) is 2.79. The zero-order chi connectivity index (χ0) is 15.5. The van der Waals surface area contributed by atoms with Crippen LogP contribution in [0.5, 0.6) is 0 Å². The summed E-state index contributed by atoms with van der Waals surface area (Å²) in [6, 6.07) is 9.69.